The lowest BCUT2D eigenvalue weighted by Crippen LogP contribution is -2.66. The summed E-state index contributed by atoms with van der Waals surface area (Å²) < 4.78 is 34.1. The summed E-state index contributed by atoms with van der Waals surface area (Å²) >= 11 is 0. The minimum Gasteiger partial charge on any atom is -0.471 e. The number of nitrogens with zero attached hydrogens (tertiary/aromatic N) is 5. The molecule has 1 fully saturated rings. The summed E-state index contributed by atoms with van der Waals surface area (Å²) in [6, 6.07) is 7.45. The molecular weight excluding hydrogens is 499 g/mol. The number of alkyl halides is 1. The van der Waals surface area contributed by atoms with E-state index in [0.717, 1.165) is 33.7 Å². The van der Waals surface area contributed by atoms with Gasteiger partial charge in [0.15, 0.2) is 18.6 Å². The van der Waals surface area contributed by atoms with Gasteiger partial charge in [0.05, 0.1) is 17.6 Å². The molecule has 0 aromatic carbocycles. The van der Waals surface area contributed by atoms with E-state index in [2.05, 4.69) is 29.1 Å². The van der Waals surface area contributed by atoms with Crippen molar-refractivity contribution in [2.75, 3.05) is 13.9 Å². The summed E-state index contributed by atoms with van der Waals surface area (Å²) in [6.45, 7) is 11.8. The quantitative estimate of drug-likeness (QED) is 0.328. The van der Waals surface area contributed by atoms with E-state index in [-0.39, 0.29) is 12.3 Å². The zero-order valence-electron chi connectivity index (χ0n) is 23.4. The largest absolute Gasteiger partial charge is 0.471 e. The molecule has 39 heavy (non-hydrogen) atoms. The fourth-order valence-corrected chi connectivity index (χ4v) is 5.33. The molecule has 1 aliphatic heterocycles. The highest BCUT2D eigenvalue weighted by Crippen LogP contribution is 2.35. The molecule has 10 heteroatoms. The number of fused-ring (bicyclic) bond motifs is 1. The summed E-state index contributed by atoms with van der Waals surface area (Å²) in [4.78, 5) is 13.7. The predicted octanol–water partition coefficient (Wildman–Crippen LogP) is 5.09. The van der Waals surface area contributed by atoms with E-state index in [1.54, 1.807) is 30.1 Å². The topological polar surface area (TPSA) is 95.7 Å². The van der Waals surface area contributed by atoms with Gasteiger partial charge in [-0.15, -0.1) is 0 Å². The number of piperidine rings is 1. The number of imidazole rings is 1. The van der Waals surface area contributed by atoms with Crippen LogP contribution in [0.1, 0.15) is 45.4 Å². The fraction of sp³-hybridized carbons (Fsp3) is 0.448. The molecule has 0 unspecified atom stereocenters. The van der Waals surface area contributed by atoms with Crippen LogP contribution < -0.4 is 14.8 Å². The van der Waals surface area contributed by atoms with Crippen molar-refractivity contribution in [3.63, 3.8) is 0 Å². The molecule has 0 spiro atoms. The molecule has 4 aromatic heterocycles. The Bertz CT molecular complexity index is 1480. The summed E-state index contributed by atoms with van der Waals surface area (Å²) in [5.41, 5.74) is 4.62. The molecule has 0 radical (unpaired) electrons. The minimum atomic E-state index is -1.18. The number of pyridine rings is 2. The maximum atomic E-state index is 15.2. The lowest BCUT2D eigenvalue weighted by molar-refractivity contribution is -0.0277. The van der Waals surface area contributed by atoms with Crippen molar-refractivity contribution in [2.24, 2.45) is 0 Å². The third kappa shape index (κ3) is 5.58. The average Bonchev–Trinajstić information content (AvgIpc) is 3.26. The monoisotopic (exact) mass is 534 g/mol. The van der Waals surface area contributed by atoms with Crippen LogP contribution in [-0.2, 0) is 4.74 Å². The lowest BCUT2D eigenvalue weighted by atomic mass is 9.79. The van der Waals surface area contributed by atoms with Gasteiger partial charge in [-0.05, 0) is 65.3 Å². The van der Waals surface area contributed by atoms with Crippen LogP contribution in [0.25, 0.3) is 28.2 Å². The van der Waals surface area contributed by atoms with Crippen molar-refractivity contribution in [2.45, 2.75) is 71.3 Å². The van der Waals surface area contributed by atoms with Gasteiger partial charge in [0.1, 0.15) is 17.5 Å². The maximum absolute atomic E-state index is 15.2. The first-order valence-electron chi connectivity index (χ1n) is 13.0. The molecule has 1 N–H and O–H groups in total. The van der Waals surface area contributed by atoms with E-state index in [0.29, 0.717) is 23.7 Å². The molecular formula is C29H35FN6O3. The van der Waals surface area contributed by atoms with E-state index in [9.17, 15) is 0 Å². The van der Waals surface area contributed by atoms with Crippen LogP contribution in [0.3, 0.4) is 0 Å². The normalized spacial score (nSPS) is 20.2. The fourth-order valence-electron chi connectivity index (χ4n) is 5.33. The second-order valence-corrected chi connectivity index (χ2v) is 11.4. The van der Waals surface area contributed by atoms with Crippen LogP contribution in [0.4, 0.5) is 4.39 Å². The maximum Gasteiger partial charge on any atom is 0.213 e. The number of aryl methyl sites for hydroxylation is 2. The van der Waals surface area contributed by atoms with Gasteiger partial charge in [0.25, 0.3) is 0 Å². The Kier molecular flexibility index (Phi) is 7.02. The molecule has 5 rings (SSSR count). The predicted molar refractivity (Wildman–Crippen MR) is 147 cm³/mol. The van der Waals surface area contributed by atoms with Crippen LogP contribution in [0.5, 0.6) is 11.6 Å². The highest BCUT2D eigenvalue weighted by molar-refractivity contribution is 5.71. The lowest BCUT2D eigenvalue weighted by Gasteiger charge is -2.48. The minimum absolute atomic E-state index is 0.0537. The second kappa shape index (κ2) is 10.2. The molecule has 5 heterocycles. The van der Waals surface area contributed by atoms with Crippen molar-refractivity contribution in [3.05, 3.63) is 54.1 Å². The smallest absolute Gasteiger partial charge is 0.213 e. The highest BCUT2D eigenvalue weighted by Gasteiger charge is 2.47. The Morgan fingerprint density at radius 2 is 1.85 bits per heavy atom. The van der Waals surface area contributed by atoms with Gasteiger partial charge in [-0.25, -0.2) is 18.9 Å². The van der Waals surface area contributed by atoms with Gasteiger partial charge < -0.3 is 19.5 Å². The summed E-state index contributed by atoms with van der Waals surface area (Å²) in [5.74, 6) is 0.885. The van der Waals surface area contributed by atoms with E-state index in [1.165, 1.54) is 0 Å². The Hall–Kier alpha value is -3.63. The standard InChI is InChI=1S/C29H35FN6O3/c1-17-10-21(34-36-15-18(2)33-27(17)36)20-11-22(38-16-37-7)25(32-14-20)19-8-9-24(31-13-19)39-23-12-28(3,4)35-29(5,6)26(23)30/h8-11,13-15,23,26,35H,12,16H2,1-7H3/t23-,26-/m0/s1. The molecule has 4 aromatic rings. The van der Waals surface area contributed by atoms with Crippen LogP contribution in [0, 0.1) is 13.8 Å². The van der Waals surface area contributed by atoms with Gasteiger partial charge in [-0.3, -0.25) is 4.98 Å². The molecule has 0 amide bonds. The Labute approximate surface area is 227 Å². The Balaban J connectivity index is 1.42. The number of rotatable bonds is 7. The number of methoxy groups -OCH3 is 1. The molecule has 2 atom stereocenters. The van der Waals surface area contributed by atoms with Crippen molar-refractivity contribution < 1.29 is 18.6 Å². The van der Waals surface area contributed by atoms with Crippen molar-refractivity contribution >= 4 is 5.65 Å². The first-order valence-corrected chi connectivity index (χ1v) is 13.0. The Morgan fingerprint density at radius 1 is 1.08 bits per heavy atom. The number of halogens is 1. The van der Waals surface area contributed by atoms with Gasteiger partial charge in [-0.1, -0.05) is 0 Å². The summed E-state index contributed by atoms with van der Waals surface area (Å²) in [5, 5.41) is 8.07. The van der Waals surface area contributed by atoms with Gasteiger partial charge in [0, 0.05) is 54.2 Å². The van der Waals surface area contributed by atoms with E-state index < -0.39 is 17.8 Å². The van der Waals surface area contributed by atoms with Crippen LogP contribution in [0.15, 0.2) is 42.9 Å². The van der Waals surface area contributed by atoms with E-state index in [4.69, 9.17) is 24.3 Å². The van der Waals surface area contributed by atoms with Crippen LogP contribution >= 0.6 is 0 Å². The number of aromatic nitrogens is 5. The number of hydrogen-bond acceptors (Lipinski definition) is 8. The Morgan fingerprint density at radius 3 is 2.56 bits per heavy atom. The molecule has 0 saturated carbocycles. The first-order chi connectivity index (χ1) is 18.5. The summed E-state index contributed by atoms with van der Waals surface area (Å²) in [7, 11) is 1.56. The molecule has 1 saturated heterocycles. The first kappa shape index (κ1) is 27.0. The molecule has 206 valence electrons. The van der Waals surface area contributed by atoms with Crippen LogP contribution in [-0.4, -0.2) is 61.8 Å². The van der Waals surface area contributed by atoms with Gasteiger partial charge in [0.2, 0.25) is 5.88 Å². The van der Waals surface area contributed by atoms with E-state index in [1.807, 2.05) is 52.1 Å². The number of hydrogen-bond donors (Lipinski definition) is 1. The average molecular weight is 535 g/mol. The molecule has 9 nitrogen and oxygen atoms in total. The zero-order chi connectivity index (χ0) is 27.9. The molecule has 0 bridgehead atoms. The number of nitrogens with one attached hydrogen (secondary N) is 1. The van der Waals surface area contributed by atoms with Gasteiger partial charge in [-0.2, -0.15) is 5.10 Å². The highest BCUT2D eigenvalue weighted by atomic mass is 19.1. The van der Waals surface area contributed by atoms with Crippen LogP contribution in [0.2, 0.25) is 0 Å². The second-order valence-electron chi connectivity index (χ2n) is 11.4. The van der Waals surface area contributed by atoms with Gasteiger partial charge >= 0.3 is 0 Å². The SMILES string of the molecule is COCOc1cc(-c2cc(C)c3nc(C)cn3n2)cnc1-c1ccc(O[C@H]2CC(C)(C)NC(C)(C)[C@H]2F)nc1. The summed E-state index contributed by atoms with van der Waals surface area (Å²) in [6.07, 6.45) is 4.03. The molecule has 0 aliphatic carbocycles. The third-order valence-corrected chi connectivity index (χ3v) is 6.88. The van der Waals surface area contributed by atoms with Crippen molar-refractivity contribution in [1.29, 1.82) is 0 Å². The van der Waals surface area contributed by atoms with Crippen molar-refractivity contribution in [1.82, 2.24) is 29.9 Å². The number of ether oxygens (including phenoxy) is 3. The third-order valence-electron chi connectivity index (χ3n) is 6.88. The van der Waals surface area contributed by atoms with E-state index >= 15 is 4.39 Å². The van der Waals surface area contributed by atoms with Crippen molar-refractivity contribution in [3.8, 4) is 34.1 Å². The zero-order valence-corrected chi connectivity index (χ0v) is 23.4. The molecule has 1 aliphatic rings.